The molecule has 5 nitrogen and oxygen atoms in total. The zero-order valence-corrected chi connectivity index (χ0v) is 24.3. The molecular formula is C32H49NO4. The number of Topliss-reactive ketones (excluding diaryl/α,β-unsaturated/α-hetero) is 1. The molecule has 0 radical (unpaired) electrons. The lowest BCUT2D eigenvalue weighted by Gasteiger charge is -2.72. The number of fused-ring (bicyclic) bond motifs is 3. The quantitative estimate of drug-likeness (QED) is 0.369. The van der Waals surface area contributed by atoms with Gasteiger partial charge < -0.3 is 9.47 Å². The van der Waals surface area contributed by atoms with Crippen molar-refractivity contribution < 1.29 is 19.1 Å². The predicted octanol–water partition coefficient (Wildman–Crippen LogP) is 6.74. The van der Waals surface area contributed by atoms with Crippen LogP contribution in [0.25, 0.3) is 0 Å². The first kappa shape index (κ1) is 27.2. The van der Waals surface area contributed by atoms with Crippen LogP contribution < -0.4 is 0 Å². The summed E-state index contributed by atoms with van der Waals surface area (Å²) < 4.78 is 11.6. The van der Waals surface area contributed by atoms with Crippen molar-refractivity contribution in [2.45, 2.75) is 112 Å². The van der Waals surface area contributed by atoms with Crippen LogP contribution >= 0.6 is 0 Å². The Labute approximate surface area is 224 Å². The Kier molecular flexibility index (Phi) is 6.27. The SMILES string of the molecule is CC1(C)CC[C@]23CC[C@]4(C)[C@H](CC[C@@H]5[C@@](C)(CC#N)[C@H](C(C)(C)C(=O)COC=O)CC[C@]54C)[C@H]2[C@H]1OC3. The Morgan fingerprint density at radius 2 is 1.73 bits per heavy atom. The zero-order chi connectivity index (χ0) is 27.1. The van der Waals surface area contributed by atoms with Crippen molar-refractivity contribution in [2.75, 3.05) is 13.2 Å². The van der Waals surface area contributed by atoms with Crippen LogP contribution in [0.15, 0.2) is 0 Å². The van der Waals surface area contributed by atoms with Gasteiger partial charge in [0.25, 0.3) is 6.47 Å². The molecule has 5 rings (SSSR count). The fraction of sp³-hybridized carbons (Fsp3) is 0.906. The summed E-state index contributed by atoms with van der Waals surface area (Å²) in [5, 5.41) is 10.1. The molecule has 2 bridgehead atoms. The number of carbonyl (C=O) groups is 2. The van der Waals surface area contributed by atoms with E-state index in [0.29, 0.717) is 42.2 Å². The lowest BCUT2D eigenvalue weighted by atomic mass is 9.32. The second kappa shape index (κ2) is 8.54. The molecule has 5 heteroatoms. The van der Waals surface area contributed by atoms with Gasteiger partial charge in [0.05, 0.1) is 18.8 Å². The summed E-state index contributed by atoms with van der Waals surface area (Å²) in [5.41, 5.74) is 0.0333. The minimum Gasteiger partial charge on any atom is -0.460 e. The average Bonchev–Trinajstić information content (AvgIpc) is 3.17. The van der Waals surface area contributed by atoms with Crippen LogP contribution in [-0.2, 0) is 19.1 Å². The first-order chi connectivity index (χ1) is 17.2. The van der Waals surface area contributed by atoms with Gasteiger partial charge in [0.2, 0.25) is 0 Å². The molecule has 1 heterocycles. The first-order valence-corrected chi connectivity index (χ1v) is 14.8. The maximum Gasteiger partial charge on any atom is 0.293 e. The fourth-order valence-electron chi connectivity index (χ4n) is 11.4. The summed E-state index contributed by atoms with van der Waals surface area (Å²) >= 11 is 0. The number of ketones is 1. The molecule has 0 aromatic rings. The standard InChI is InChI=1S/C32H49NO4/c1-27(2)12-14-32-15-13-30(6)21(25(32)26(27)37-19-32)8-9-23-29(5,16-17-33)22(10-11-31(23,30)7)28(3,4)24(35)18-36-20-34/h20-23,25-26H,8-16,18-19H2,1-7H3/t21-,22+,23-,25+,26-,29+,30-,31-,32-/m1/s1. The molecular weight excluding hydrogens is 462 g/mol. The molecule has 37 heavy (non-hydrogen) atoms. The summed E-state index contributed by atoms with van der Waals surface area (Å²) in [6, 6.07) is 2.56. The van der Waals surface area contributed by atoms with Gasteiger partial charge in [-0.2, -0.15) is 5.26 Å². The number of hydrogen-bond acceptors (Lipinski definition) is 5. The van der Waals surface area contributed by atoms with Gasteiger partial charge in [0.1, 0.15) is 6.61 Å². The highest BCUT2D eigenvalue weighted by Crippen LogP contribution is 2.77. The van der Waals surface area contributed by atoms with Crippen molar-refractivity contribution in [1.29, 1.82) is 5.26 Å². The first-order valence-electron chi connectivity index (χ1n) is 14.8. The van der Waals surface area contributed by atoms with Crippen LogP contribution in [0.5, 0.6) is 0 Å². The van der Waals surface area contributed by atoms with E-state index in [1.54, 1.807) is 0 Å². The van der Waals surface area contributed by atoms with E-state index in [1.807, 2.05) is 13.8 Å². The van der Waals surface area contributed by atoms with Crippen LogP contribution in [0.4, 0.5) is 0 Å². The molecule has 0 spiro atoms. The van der Waals surface area contributed by atoms with E-state index < -0.39 is 5.41 Å². The normalized spacial score (nSPS) is 48.1. The Bertz CT molecular complexity index is 997. The maximum absolute atomic E-state index is 13.3. The third-order valence-electron chi connectivity index (χ3n) is 13.7. The summed E-state index contributed by atoms with van der Waals surface area (Å²) in [4.78, 5) is 24.1. The van der Waals surface area contributed by atoms with E-state index in [1.165, 1.54) is 32.1 Å². The lowest BCUT2D eigenvalue weighted by Crippen LogP contribution is -2.66. The van der Waals surface area contributed by atoms with Crippen molar-refractivity contribution in [1.82, 2.24) is 0 Å². The largest absolute Gasteiger partial charge is 0.460 e. The molecule has 0 aromatic heterocycles. The third-order valence-corrected chi connectivity index (χ3v) is 13.7. The van der Waals surface area contributed by atoms with Crippen molar-refractivity contribution in [3.63, 3.8) is 0 Å². The van der Waals surface area contributed by atoms with Crippen LogP contribution in [0.3, 0.4) is 0 Å². The van der Waals surface area contributed by atoms with E-state index in [-0.39, 0.29) is 40.0 Å². The third kappa shape index (κ3) is 3.49. The maximum atomic E-state index is 13.3. The van der Waals surface area contributed by atoms with Crippen LogP contribution in [-0.4, -0.2) is 31.6 Å². The predicted molar refractivity (Wildman–Crippen MR) is 142 cm³/mol. The molecule has 5 fully saturated rings. The zero-order valence-electron chi connectivity index (χ0n) is 24.3. The molecule has 5 aliphatic rings. The number of rotatable bonds is 6. The number of nitrogens with zero attached hydrogens (tertiary/aromatic N) is 1. The smallest absolute Gasteiger partial charge is 0.293 e. The van der Waals surface area contributed by atoms with Crippen molar-refractivity contribution in [2.24, 2.45) is 56.2 Å². The molecule has 9 atom stereocenters. The number of ether oxygens (including phenoxy) is 2. The Morgan fingerprint density at radius 1 is 1.03 bits per heavy atom. The van der Waals surface area contributed by atoms with Gasteiger partial charge in [-0.25, -0.2) is 0 Å². The average molecular weight is 512 g/mol. The number of nitriles is 1. The van der Waals surface area contributed by atoms with E-state index >= 15 is 0 Å². The van der Waals surface area contributed by atoms with Crippen LogP contribution in [0.2, 0.25) is 0 Å². The van der Waals surface area contributed by atoms with Crippen molar-refractivity contribution in [3.05, 3.63) is 0 Å². The monoisotopic (exact) mass is 511 g/mol. The lowest BCUT2D eigenvalue weighted by molar-refractivity contribution is -0.233. The van der Waals surface area contributed by atoms with Crippen molar-refractivity contribution >= 4 is 12.3 Å². The molecule has 0 aromatic carbocycles. The van der Waals surface area contributed by atoms with Gasteiger partial charge in [-0.15, -0.1) is 0 Å². The van der Waals surface area contributed by atoms with Gasteiger partial charge >= 0.3 is 0 Å². The molecule has 0 N–H and O–H groups in total. The second-order valence-electron chi connectivity index (χ2n) is 15.7. The van der Waals surface area contributed by atoms with E-state index in [4.69, 9.17) is 9.47 Å². The topological polar surface area (TPSA) is 76.4 Å². The van der Waals surface area contributed by atoms with Gasteiger partial charge in [-0.1, -0.05) is 48.5 Å². The van der Waals surface area contributed by atoms with Crippen molar-refractivity contribution in [3.8, 4) is 6.07 Å². The highest BCUT2D eigenvalue weighted by atomic mass is 16.5. The molecule has 1 aliphatic heterocycles. The molecule has 0 amide bonds. The summed E-state index contributed by atoms with van der Waals surface area (Å²) in [7, 11) is 0. The fourth-order valence-corrected chi connectivity index (χ4v) is 11.4. The molecule has 0 unspecified atom stereocenters. The summed E-state index contributed by atoms with van der Waals surface area (Å²) in [6.45, 7) is 17.5. The van der Waals surface area contributed by atoms with Gasteiger partial charge in [-0.05, 0) is 102 Å². The second-order valence-corrected chi connectivity index (χ2v) is 15.7. The minimum absolute atomic E-state index is 0.0324. The Balaban J connectivity index is 1.52. The van der Waals surface area contributed by atoms with E-state index in [2.05, 4.69) is 40.7 Å². The Hall–Kier alpha value is -1.41. The summed E-state index contributed by atoms with van der Waals surface area (Å²) in [5.74, 6) is 1.75. The summed E-state index contributed by atoms with van der Waals surface area (Å²) in [6.07, 6.45) is 10.3. The molecule has 1 saturated heterocycles. The molecule has 4 aliphatic carbocycles. The highest BCUT2D eigenvalue weighted by molar-refractivity contribution is 5.86. The number of carbonyl (C=O) groups excluding carboxylic acids is 2. The van der Waals surface area contributed by atoms with Gasteiger partial charge in [0.15, 0.2) is 5.78 Å². The van der Waals surface area contributed by atoms with E-state index in [0.717, 1.165) is 25.9 Å². The number of hydrogen-bond donors (Lipinski definition) is 0. The highest BCUT2D eigenvalue weighted by Gasteiger charge is 2.72. The molecule has 4 saturated carbocycles. The minimum atomic E-state index is -0.648. The van der Waals surface area contributed by atoms with Crippen LogP contribution in [0.1, 0.15) is 106 Å². The van der Waals surface area contributed by atoms with Crippen LogP contribution in [0, 0.1) is 67.5 Å². The Morgan fingerprint density at radius 3 is 2.41 bits per heavy atom. The van der Waals surface area contributed by atoms with Gasteiger partial charge in [0, 0.05) is 11.8 Å². The molecule has 206 valence electrons. The van der Waals surface area contributed by atoms with E-state index in [9.17, 15) is 14.9 Å². The van der Waals surface area contributed by atoms with Gasteiger partial charge in [-0.3, -0.25) is 9.59 Å².